The Morgan fingerprint density at radius 2 is 1.85 bits per heavy atom. The van der Waals surface area contributed by atoms with Crippen LogP contribution in [0.1, 0.15) is 6.42 Å². The lowest BCUT2D eigenvalue weighted by atomic mass is 10.2. The van der Waals surface area contributed by atoms with Crippen molar-refractivity contribution in [2.45, 2.75) is 6.42 Å². The van der Waals surface area contributed by atoms with Crippen molar-refractivity contribution < 1.29 is 24.1 Å². The van der Waals surface area contributed by atoms with Crippen LogP contribution in [0.2, 0.25) is 0 Å². The highest BCUT2D eigenvalue weighted by molar-refractivity contribution is 5.76. The van der Waals surface area contributed by atoms with Gasteiger partial charge in [-0.25, -0.2) is 0 Å². The third-order valence-electron chi connectivity index (χ3n) is 4.76. The number of hydrogen-bond donors (Lipinski definition) is 1. The molecule has 0 unspecified atom stereocenters. The predicted octanol–water partition coefficient (Wildman–Crippen LogP) is 2.24. The summed E-state index contributed by atoms with van der Waals surface area (Å²) in [6.45, 7) is 3.48. The predicted molar refractivity (Wildman–Crippen MR) is 99.6 cm³/mol. The van der Waals surface area contributed by atoms with Crippen molar-refractivity contribution in [2.24, 2.45) is 0 Å². The first-order valence-corrected chi connectivity index (χ1v) is 9.03. The average Bonchev–Trinajstić information content (AvgIpc) is 3.16. The summed E-state index contributed by atoms with van der Waals surface area (Å²) in [7, 11) is 0. The number of fused-ring (bicyclic) bond motifs is 1. The Labute approximate surface area is 157 Å². The van der Waals surface area contributed by atoms with E-state index in [1.807, 2.05) is 23.1 Å². The van der Waals surface area contributed by atoms with Crippen molar-refractivity contribution in [1.29, 1.82) is 0 Å². The number of rotatable bonds is 5. The van der Waals surface area contributed by atoms with E-state index in [4.69, 9.17) is 14.2 Å². The Morgan fingerprint density at radius 3 is 2.67 bits per heavy atom. The van der Waals surface area contributed by atoms with Crippen LogP contribution in [0.15, 0.2) is 42.5 Å². The minimum Gasteiger partial charge on any atom is -0.508 e. The Morgan fingerprint density at radius 1 is 1.04 bits per heavy atom. The first-order valence-electron chi connectivity index (χ1n) is 9.03. The zero-order valence-corrected chi connectivity index (χ0v) is 15.0. The van der Waals surface area contributed by atoms with Gasteiger partial charge in [0.1, 0.15) is 11.5 Å². The van der Waals surface area contributed by atoms with E-state index in [0.29, 0.717) is 31.9 Å². The number of ether oxygens (including phenoxy) is 3. The number of amides is 1. The van der Waals surface area contributed by atoms with Crippen LogP contribution >= 0.6 is 0 Å². The number of anilines is 1. The second-order valence-corrected chi connectivity index (χ2v) is 6.50. The van der Waals surface area contributed by atoms with Crippen LogP contribution in [0, 0.1) is 0 Å². The number of benzene rings is 2. The molecule has 27 heavy (non-hydrogen) atoms. The van der Waals surface area contributed by atoms with Crippen molar-refractivity contribution in [1.82, 2.24) is 4.90 Å². The molecule has 0 saturated carbocycles. The smallest absolute Gasteiger partial charge is 0.231 e. The van der Waals surface area contributed by atoms with Gasteiger partial charge in [-0.15, -0.1) is 0 Å². The summed E-state index contributed by atoms with van der Waals surface area (Å²) in [6, 6.07) is 12.5. The summed E-state index contributed by atoms with van der Waals surface area (Å²) >= 11 is 0. The number of hydrogen-bond acceptors (Lipinski definition) is 6. The third-order valence-corrected chi connectivity index (χ3v) is 4.76. The largest absolute Gasteiger partial charge is 0.508 e. The van der Waals surface area contributed by atoms with E-state index in [2.05, 4.69) is 4.90 Å². The molecular weight excluding hydrogens is 348 g/mol. The highest BCUT2D eigenvalue weighted by Gasteiger charge is 2.23. The van der Waals surface area contributed by atoms with Gasteiger partial charge in [0, 0.05) is 44.0 Å². The lowest BCUT2D eigenvalue weighted by molar-refractivity contribution is -0.132. The molecule has 7 nitrogen and oxygen atoms in total. The van der Waals surface area contributed by atoms with Crippen molar-refractivity contribution in [3.05, 3.63) is 42.5 Å². The van der Waals surface area contributed by atoms with E-state index in [1.165, 1.54) is 6.07 Å². The fraction of sp³-hybridized carbons (Fsp3) is 0.350. The Hall–Kier alpha value is -3.09. The molecule has 7 heteroatoms. The number of nitrogens with zero attached hydrogens (tertiary/aromatic N) is 2. The topological polar surface area (TPSA) is 71.5 Å². The van der Waals surface area contributed by atoms with Crippen molar-refractivity contribution in [3.8, 4) is 23.0 Å². The van der Waals surface area contributed by atoms with Crippen molar-refractivity contribution in [3.63, 3.8) is 0 Å². The quantitative estimate of drug-likeness (QED) is 0.870. The van der Waals surface area contributed by atoms with Gasteiger partial charge < -0.3 is 29.1 Å². The average molecular weight is 370 g/mol. The SMILES string of the molecule is O=C(CCOc1cccc(O)c1)N1CCN(c2ccc3c(c2)OCO3)CC1. The summed E-state index contributed by atoms with van der Waals surface area (Å²) in [5.41, 5.74) is 1.08. The van der Waals surface area contributed by atoms with E-state index < -0.39 is 0 Å². The summed E-state index contributed by atoms with van der Waals surface area (Å²) in [6.07, 6.45) is 0.319. The van der Waals surface area contributed by atoms with E-state index in [1.54, 1.807) is 18.2 Å². The first-order chi connectivity index (χ1) is 13.2. The van der Waals surface area contributed by atoms with Crippen molar-refractivity contribution >= 4 is 11.6 Å². The van der Waals surface area contributed by atoms with Gasteiger partial charge in [0.25, 0.3) is 0 Å². The van der Waals surface area contributed by atoms with Crippen LogP contribution < -0.4 is 19.1 Å². The Balaban J connectivity index is 1.24. The lowest BCUT2D eigenvalue weighted by Gasteiger charge is -2.36. The molecule has 0 radical (unpaired) electrons. The van der Waals surface area contributed by atoms with Crippen LogP contribution in [-0.2, 0) is 4.79 Å². The van der Waals surface area contributed by atoms with Gasteiger partial charge >= 0.3 is 0 Å². The number of aromatic hydroxyl groups is 1. The van der Waals surface area contributed by atoms with Crippen LogP contribution in [0.4, 0.5) is 5.69 Å². The fourth-order valence-corrected chi connectivity index (χ4v) is 3.28. The van der Waals surface area contributed by atoms with Gasteiger partial charge in [-0.05, 0) is 24.3 Å². The maximum absolute atomic E-state index is 12.4. The normalized spacial score (nSPS) is 15.7. The zero-order chi connectivity index (χ0) is 18.6. The first kappa shape index (κ1) is 17.3. The summed E-state index contributed by atoms with van der Waals surface area (Å²) in [4.78, 5) is 16.5. The number of carbonyl (C=O) groups excluding carboxylic acids is 1. The highest BCUT2D eigenvalue weighted by atomic mass is 16.7. The lowest BCUT2D eigenvalue weighted by Crippen LogP contribution is -2.49. The molecule has 1 saturated heterocycles. The molecule has 1 amide bonds. The molecule has 2 heterocycles. The highest BCUT2D eigenvalue weighted by Crippen LogP contribution is 2.35. The Kier molecular flexibility index (Phi) is 4.91. The van der Waals surface area contributed by atoms with Crippen LogP contribution in [0.25, 0.3) is 0 Å². The molecule has 0 bridgehead atoms. The van der Waals surface area contributed by atoms with Crippen LogP contribution in [0.3, 0.4) is 0 Å². The Bertz CT molecular complexity index is 818. The molecule has 2 aromatic rings. The van der Waals surface area contributed by atoms with Gasteiger partial charge in [0.2, 0.25) is 12.7 Å². The summed E-state index contributed by atoms with van der Waals surface area (Å²) in [5.74, 6) is 2.35. The molecular formula is C20H22N2O5. The molecule has 4 rings (SSSR count). The molecule has 2 aliphatic heterocycles. The maximum Gasteiger partial charge on any atom is 0.231 e. The number of carbonyl (C=O) groups is 1. The van der Waals surface area contributed by atoms with Gasteiger partial charge in [-0.3, -0.25) is 4.79 Å². The van der Waals surface area contributed by atoms with Crippen LogP contribution in [-0.4, -0.2) is 55.5 Å². The van der Waals surface area contributed by atoms with Gasteiger partial charge in [0.05, 0.1) is 13.0 Å². The molecule has 0 spiro atoms. The molecule has 0 aliphatic carbocycles. The maximum atomic E-state index is 12.4. The summed E-state index contributed by atoms with van der Waals surface area (Å²) < 4.78 is 16.3. The monoisotopic (exact) mass is 370 g/mol. The van der Waals surface area contributed by atoms with E-state index >= 15 is 0 Å². The van der Waals surface area contributed by atoms with E-state index in [9.17, 15) is 9.90 Å². The van der Waals surface area contributed by atoms with Gasteiger partial charge in [-0.2, -0.15) is 0 Å². The number of piperazine rings is 1. The third kappa shape index (κ3) is 4.02. The van der Waals surface area contributed by atoms with Gasteiger partial charge in [-0.1, -0.05) is 6.07 Å². The molecule has 1 N–H and O–H groups in total. The molecule has 2 aliphatic rings. The molecule has 0 aromatic heterocycles. The second kappa shape index (κ2) is 7.65. The number of phenols is 1. The van der Waals surface area contributed by atoms with Gasteiger partial charge in [0.15, 0.2) is 11.5 Å². The van der Waals surface area contributed by atoms with Crippen molar-refractivity contribution in [2.75, 3.05) is 44.5 Å². The molecule has 2 aromatic carbocycles. The van der Waals surface area contributed by atoms with E-state index in [0.717, 1.165) is 30.3 Å². The van der Waals surface area contributed by atoms with E-state index in [-0.39, 0.29) is 18.4 Å². The molecule has 0 atom stereocenters. The minimum absolute atomic E-state index is 0.0838. The fourth-order valence-electron chi connectivity index (χ4n) is 3.28. The van der Waals surface area contributed by atoms with Crippen LogP contribution in [0.5, 0.6) is 23.0 Å². The summed E-state index contributed by atoms with van der Waals surface area (Å²) in [5, 5.41) is 9.42. The molecule has 142 valence electrons. The zero-order valence-electron chi connectivity index (χ0n) is 15.0. The molecule has 1 fully saturated rings. The standard InChI is InChI=1S/C20H22N2O5/c23-16-2-1-3-17(13-16)25-11-6-20(24)22-9-7-21(8-10-22)15-4-5-18-19(12-15)27-14-26-18/h1-5,12-13,23H,6-11,14H2. The minimum atomic E-state index is 0.0838. The number of phenolic OH excluding ortho intramolecular Hbond substituents is 1. The second-order valence-electron chi connectivity index (χ2n) is 6.50.